The Morgan fingerprint density at radius 3 is 1.20 bits per heavy atom. The van der Waals surface area contributed by atoms with Crippen molar-refractivity contribution < 1.29 is 42.3 Å². The molecule has 5 heteroatoms. The number of hydrogen-bond acceptors (Lipinski definition) is 0. The van der Waals surface area contributed by atoms with E-state index >= 15 is 0 Å². The molecule has 0 fully saturated rings. The van der Waals surface area contributed by atoms with Gasteiger partial charge in [0.05, 0.1) is 0 Å². The van der Waals surface area contributed by atoms with Crippen LogP contribution in [0.5, 0.6) is 0 Å². The van der Waals surface area contributed by atoms with Crippen molar-refractivity contribution in [1.29, 1.82) is 0 Å². The van der Waals surface area contributed by atoms with E-state index in [-0.39, 0.29) is 117 Å². The molecule has 0 aliphatic rings. The molecule has 0 nitrogen and oxygen atoms in total. The molecule has 0 aromatic carbocycles. The molecule has 26 valence electrons. The van der Waals surface area contributed by atoms with Crippen LogP contribution in [0.15, 0.2) is 0 Å². The molecule has 0 rings (SSSR count). The summed E-state index contributed by atoms with van der Waals surface area (Å²) in [7, 11) is 0. The van der Waals surface area contributed by atoms with Crippen molar-refractivity contribution in [1.82, 2.24) is 0 Å². The molecule has 0 heterocycles. The van der Waals surface area contributed by atoms with Gasteiger partial charge in [0.25, 0.3) is 0 Å². The Bertz CT molecular complexity index is 20.5. The molecule has 0 amide bonds. The zero-order valence-electron chi connectivity index (χ0n) is 6.97. The van der Waals surface area contributed by atoms with Crippen LogP contribution in [0.1, 0.15) is 5.71 Å². The standard InChI is InChI=1S/Ca.Fe.Mg.H2S.Zn.4H/h;;;1H2;;;;;/q+2;;+2;;;4*-1. The second kappa shape index (κ2) is 25.8. The van der Waals surface area contributed by atoms with Crippen LogP contribution in [-0.2, 0) is 36.5 Å². The van der Waals surface area contributed by atoms with Gasteiger partial charge in [-0.05, 0) is 0 Å². The SMILES string of the molecule is S.[Ca+2].[Fe].[H-].[H-].[H-].[H-].[Mg+2].[Zn]. The van der Waals surface area contributed by atoms with Gasteiger partial charge < -0.3 is 5.71 Å². The van der Waals surface area contributed by atoms with Crippen molar-refractivity contribution in [3.05, 3.63) is 0 Å². The summed E-state index contributed by atoms with van der Waals surface area (Å²) in [5, 5.41) is 0. The third-order valence-corrected chi connectivity index (χ3v) is 0. The van der Waals surface area contributed by atoms with Crippen LogP contribution >= 0.6 is 13.5 Å². The fraction of sp³-hybridized carbons (Fsp3) is 0. The van der Waals surface area contributed by atoms with Crippen LogP contribution in [0.25, 0.3) is 0 Å². The van der Waals surface area contributed by atoms with Crippen molar-refractivity contribution in [3.8, 4) is 0 Å². The smallest absolute Gasteiger partial charge is 1.00 e. The molecule has 0 aliphatic carbocycles. The van der Waals surface area contributed by atoms with E-state index in [0.717, 1.165) is 0 Å². The summed E-state index contributed by atoms with van der Waals surface area (Å²) in [5.41, 5.74) is 0. The van der Waals surface area contributed by atoms with Gasteiger partial charge in [0.2, 0.25) is 0 Å². The van der Waals surface area contributed by atoms with Gasteiger partial charge in [-0.25, -0.2) is 0 Å². The van der Waals surface area contributed by atoms with E-state index in [2.05, 4.69) is 0 Å². The average Bonchev–Trinajstić information content (AvgIpc) is 0. The largest absolute Gasteiger partial charge is 2.00 e. The van der Waals surface area contributed by atoms with Crippen LogP contribution in [-0.4, -0.2) is 60.8 Å². The molecule has 0 aromatic rings. The van der Waals surface area contributed by atoms with Crippen LogP contribution in [0.4, 0.5) is 0 Å². The topological polar surface area (TPSA) is 0 Å². The monoisotopic (exact) mass is 222 g/mol. The van der Waals surface area contributed by atoms with Crippen LogP contribution in [0.2, 0.25) is 0 Å². The third kappa shape index (κ3) is 18.5. The van der Waals surface area contributed by atoms with E-state index in [9.17, 15) is 0 Å². The van der Waals surface area contributed by atoms with Crippen molar-refractivity contribution >= 4 is 74.3 Å². The van der Waals surface area contributed by atoms with Gasteiger partial charge >= 0.3 is 60.8 Å². The Balaban J connectivity index is 0. The van der Waals surface area contributed by atoms with Crippen LogP contribution in [0.3, 0.4) is 0 Å². The van der Waals surface area contributed by atoms with Crippen LogP contribution in [0, 0.1) is 0 Å². The first-order valence-corrected chi connectivity index (χ1v) is 0. The Hall–Kier alpha value is 3.52. The summed E-state index contributed by atoms with van der Waals surface area (Å²) >= 11 is 0. The first-order chi connectivity index (χ1) is 0. The quantitative estimate of drug-likeness (QED) is 0.499. The fourth-order valence-electron chi connectivity index (χ4n) is 0. The van der Waals surface area contributed by atoms with E-state index < -0.39 is 0 Å². The molecule has 0 saturated heterocycles. The predicted octanol–water partition coefficient (Wildman–Crippen LogP) is -0.204. The van der Waals surface area contributed by atoms with E-state index in [0.29, 0.717) is 0 Å². The summed E-state index contributed by atoms with van der Waals surface area (Å²) in [6, 6.07) is 0. The molecule has 0 aliphatic heterocycles. The first-order valence-electron chi connectivity index (χ1n) is 0. The van der Waals surface area contributed by atoms with E-state index in [1.165, 1.54) is 0 Å². The molecule has 0 radical (unpaired) electrons. The number of hydrogen-bond donors (Lipinski definition) is 0. The maximum atomic E-state index is 0. The summed E-state index contributed by atoms with van der Waals surface area (Å²) < 4.78 is 0. The minimum absolute atomic E-state index is 0. The zero-order valence-corrected chi connectivity index (χ0v) is 11.7. The molecular weight excluding hydrogens is 218 g/mol. The van der Waals surface area contributed by atoms with Crippen molar-refractivity contribution in [3.63, 3.8) is 0 Å². The van der Waals surface area contributed by atoms with Crippen molar-refractivity contribution in [2.24, 2.45) is 0 Å². The summed E-state index contributed by atoms with van der Waals surface area (Å²) in [6.45, 7) is 0. The molecule has 0 bridgehead atoms. The Kier molecular flexibility index (Phi) is 201. The van der Waals surface area contributed by atoms with Crippen molar-refractivity contribution in [2.45, 2.75) is 0 Å². The first kappa shape index (κ1) is 38.9. The van der Waals surface area contributed by atoms with E-state index in [1.54, 1.807) is 0 Å². The van der Waals surface area contributed by atoms with Gasteiger partial charge in [-0.3, -0.25) is 0 Å². The zero-order chi connectivity index (χ0) is 0. The van der Waals surface area contributed by atoms with Crippen molar-refractivity contribution in [2.75, 3.05) is 0 Å². The molecular formula is H6CaFeMgSZn. The van der Waals surface area contributed by atoms with E-state index in [4.69, 9.17) is 0 Å². The molecule has 0 unspecified atom stereocenters. The molecule has 0 atom stereocenters. The summed E-state index contributed by atoms with van der Waals surface area (Å²) in [6.07, 6.45) is 0. The van der Waals surface area contributed by atoms with E-state index in [1.807, 2.05) is 0 Å². The number of rotatable bonds is 0. The maximum absolute atomic E-state index is 0. The van der Waals surface area contributed by atoms with Gasteiger partial charge in [0, 0.05) is 36.5 Å². The van der Waals surface area contributed by atoms with Gasteiger partial charge in [-0.15, -0.1) is 0 Å². The van der Waals surface area contributed by atoms with Gasteiger partial charge in [0.1, 0.15) is 0 Å². The summed E-state index contributed by atoms with van der Waals surface area (Å²) in [4.78, 5) is 0. The second-order valence-corrected chi connectivity index (χ2v) is 0. The third-order valence-electron chi connectivity index (χ3n) is 0. The minimum atomic E-state index is 0. The van der Waals surface area contributed by atoms with Gasteiger partial charge in [0.15, 0.2) is 0 Å². The Morgan fingerprint density at radius 2 is 1.20 bits per heavy atom. The second-order valence-electron chi connectivity index (χ2n) is 0. The molecule has 0 spiro atoms. The van der Waals surface area contributed by atoms with Gasteiger partial charge in [-0.1, -0.05) is 0 Å². The molecule has 0 aromatic heterocycles. The maximum Gasteiger partial charge on any atom is 2.00 e. The molecule has 0 saturated carbocycles. The Labute approximate surface area is 114 Å². The Morgan fingerprint density at radius 1 is 1.20 bits per heavy atom. The fourth-order valence-corrected chi connectivity index (χ4v) is 0. The average molecular weight is 224 g/mol. The molecule has 5 heavy (non-hydrogen) atoms. The van der Waals surface area contributed by atoms with Gasteiger partial charge in [-0.2, -0.15) is 13.5 Å². The normalized spacial score (nSPS) is 0. The predicted molar refractivity (Wildman–Crippen MR) is 26.3 cm³/mol. The van der Waals surface area contributed by atoms with Crippen LogP contribution < -0.4 is 0 Å². The summed E-state index contributed by atoms with van der Waals surface area (Å²) in [5.74, 6) is 0. The minimum Gasteiger partial charge on any atom is -1.00 e. The molecule has 0 N–H and O–H groups in total.